The highest BCUT2D eigenvalue weighted by Crippen LogP contribution is 2.27. The van der Waals surface area contributed by atoms with E-state index in [-0.39, 0.29) is 17.7 Å². The third kappa shape index (κ3) is 4.60. The van der Waals surface area contributed by atoms with E-state index in [1.807, 2.05) is 24.3 Å². The molecular formula is C26H26N2O2. The average Bonchev–Trinajstić information content (AvgIpc) is 3.23. The second kappa shape index (κ2) is 9.40. The lowest BCUT2D eigenvalue weighted by Gasteiger charge is -2.19. The number of nitrogens with one attached hydrogen (secondary N) is 1. The SMILES string of the molecule is O=C(NCCC(c1ccccc1)c1ccccc1)c1ccc(N2CCCC2=O)cc1. The Balaban J connectivity index is 1.38. The van der Waals surface area contributed by atoms with E-state index in [9.17, 15) is 9.59 Å². The van der Waals surface area contributed by atoms with Crippen molar-refractivity contribution in [3.05, 3.63) is 102 Å². The first-order chi connectivity index (χ1) is 14.7. The molecule has 0 aliphatic carbocycles. The molecule has 4 rings (SSSR count). The van der Waals surface area contributed by atoms with E-state index in [0.717, 1.165) is 25.1 Å². The van der Waals surface area contributed by atoms with Crippen molar-refractivity contribution in [2.45, 2.75) is 25.2 Å². The zero-order valence-corrected chi connectivity index (χ0v) is 17.0. The molecule has 4 nitrogen and oxygen atoms in total. The molecule has 1 N–H and O–H groups in total. The number of hydrogen-bond acceptors (Lipinski definition) is 2. The molecular weight excluding hydrogens is 372 g/mol. The summed E-state index contributed by atoms with van der Waals surface area (Å²) in [6.45, 7) is 1.34. The topological polar surface area (TPSA) is 49.4 Å². The zero-order valence-electron chi connectivity index (χ0n) is 17.0. The summed E-state index contributed by atoms with van der Waals surface area (Å²) in [6.07, 6.45) is 2.32. The molecule has 0 aromatic heterocycles. The number of carbonyl (C=O) groups is 2. The van der Waals surface area contributed by atoms with Crippen LogP contribution in [0, 0.1) is 0 Å². The largest absolute Gasteiger partial charge is 0.352 e. The zero-order chi connectivity index (χ0) is 20.8. The average molecular weight is 399 g/mol. The van der Waals surface area contributed by atoms with Crippen molar-refractivity contribution in [3.8, 4) is 0 Å². The van der Waals surface area contributed by atoms with E-state index >= 15 is 0 Å². The highest BCUT2D eigenvalue weighted by molar-refractivity contribution is 5.97. The van der Waals surface area contributed by atoms with E-state index in [2.05, 4.69) is 53.8 Å². The van der Waals surface area contributed by atoms with Gasteiger partial charge in [0.15, 0.2) is 0 Å². The molecule has 0 unspecified atom stereocenters. The van der Waals surface area contributed by atoms with Crippen LogP contribution in [0.15, 0.2) is 84.9 Å². The fraction of sp³-hybridized carbons (Fsp3) is 0.231. The smallest absolute Gasteiger partial charge is 0.251 e. The van der Waals surface area contributed by atoms with Crippen molar-refractivity contribution in [2.75, 3.05) is 18.0 Å². The van der Waals surface area contributed by atoms with Crippen LogP contribution in [0.3, 0.4) is 0 Å². The Morgan fingerprint density at radius 1 is 0.867 bits per heavy atom. The van der Waals surface area contributed by atoms with Crippen LogP contribution in [0.1, 0.15) is 46.7 Å². The van der Waals surface area contributed by atoms with E-state index < -0.39 is 0 Å². The number of carbonyl (C=O) groups excluding carboxylic acids is 2. The number of hydrogen-bond donors (Lipinski definition) is 1. The minimum Gasteiger partial charge on any atom is -0.352 e. The van der Waals surface area contributed by atoms with Gasteiger partial charge in [0, 0.05) is 36.7 Å². The molecule has 0 spiro atoms. The van der Waals surface area contributed by atoms with Crippen LogP contribution in [0.5, 0.6) is 0 Å². The van der Waals surface area contributed by atoms with Crippen molar-refractivity contribution in [1.82, 2.24) is 5.32 Å². The maximum atomic E-state index is 12.6. The summed E-state index contributed by atoms with van der Waals surface area (Å²) in [5.41, 5.74) is 3.97. The van der Waals surface area contributed by atoms with Crippen LogP contribution in [-0.4, -0.2) is 24.9 Å². The Bertz CT molecular complexity index is 945. The van der Waals surface area contributed by atoms with Crippen molar-refractivity contribution < 1.29 is 9.59 Å². The number of nitrogens with zero attached hydrogens (tertiary/aromatic N) is 1. The third-order valence-electron chi connectivity index (χ3n) is 5.64. The van der Waals surface area contributed by atoms with Gasteiger partial charge < -0.3 is 10.2 Å². The molecule has 30 heavy (non-hydrogen) atoms. The first kappa shape index (κ1) is 19.9. The van der Waals surface area contributed by atoms with E-state index in [1.165, 1.54) is 11.1 Å². The van der Waals surface area contributed by atoms with Crippen LogP contribution in [0.25, 0.3) is 0 Å². The van der Waals surface area contributed by atoms with Gasteiger partial charge in [-0.05, 0) is 48.2 Å². The first-order valence-corrected chi connectivity index (χ1v) is 10.5. The minimum absolute atomic E-state index is 0.0887. The van der Waals surface area contributed by atoms with E-state index in [0.29, 0.717) is 18.5 Å². The fourth-order valence-electron chi connectivity index (χ4n) is 4.04. The summed E-state index contributed by atoms with van der Waals surface area (Å²) >= 11 is 0. The molecule has 152 valence electrons. The van der Waals surface area contributed by atoms with E-state index in [1.54, 1.807) is 17.0 Å². The van der Waals surface area contributed by atoms with Crippen molar-refractivity contribution >= 4 is 17.5 Å². The molecule has 1 aliphatic rings. The lowest BCUT2D eigenvalue weighted by atomic mass is 9.88. The molecule has 3 aromatic carbocycles. The maximum Gasteiger partial charge on any atom is 0.251 e. The molecule has 1 fully saturated rings. The summed E-state index contributed by atoms with van der Waals surface area (Å²) in [4.78, 5) is 26.3. The van der Waals surface area contributed by atoms with Crippen LogP contribution in [-0.2, 0) is 4.79 Å². The van der Waals surface area contributed by atoms with Crippen LogP contribution < -0.4 is 10.2 Å². The predicted molar refractivity (Wildman–Crippen MR) is 120 cm³/mol. The minimum atomic E-state index is -0.0887. The highest BCUT2D eigenvalue weighted by atomic mass is 16.2. The van der Waals surface area contributed by atoms with Gasteiger partial charge in [-0.2, -0.15) is 0 Å². The molecule has 1 heterocycles. The van der Waals surface area contributed by atoms with Gasteiger partial charge in [0.2, 0.25) is 5.91 Å². The second-order valence-corrected chi connectivity index (χ2v) is 7.61. The Kier molecular flexibility index (Phi) is 6.23. The molecule has 0 saturated carbocycles. The Morgan fingerprint density at radius 2 is 1.47 bits per heavy atom. The van der Waals surface area contributed by atoms with Crippen molar-refractivity contribution in [1.29, 1.82) is 0 Å². The van der Waals surface area contributed by atoms with Crippen LogP contribution >= 0.6 is 0 Å². The summed E-state index contributed by atoms with van der Waals surface area (Å²) in [5.74, 6) is 0.297. The molecule has 0 radical (unpaired) electrons. The standard InChI is InChI=1S/C26H26N2O2/c29-25-12-7-19-28(25)23-15-13-22(14-16-23)26(30)27-18-17-24(20-8-3-1-4-9-20)21-10-5-2-6-11-21/h1-6,8-11,13-16,24H,7,12,17-19H2,(H,27,30). The molecule has 0 atom stereocenters. The fourth-order valence-corrected chi connectivity index (χ4v) is 4.04. The van der Waals surface area contributed by atoms with Gasteiger partial charge in [-0.15, -0.1) is 0 Å². The van der Waals surface area contributed by atoms with E-state index in [4.69, 9.17) is 0 Å². The van der Waals surface area contributed by atoms with Crippen molar-refractivity contribution in [3.63, 3.8) is 0 Å². The summed E-state index contributed by atoms with van der Waals surface area (Å²) in [7, 11) is 0. The van der Waals surface area contributed by atoms with Gasteiger partial charge in [0.25, 0.3) is 5.91 Å². The molecule has 1 saturated heterocycles. The lowest BCUT2D eigenvalue weighted by molar-refractivity contribution is -0.117. The molecule has 4 heteroatoms. The van der Waals surface area contributed by atoms with Gasteiger partial charge in [-0.25, -0.2) is 0 Å². The van der Waals surface area contributed by atoms with Gasteiger partial charge >= 0.3 is 0 Å². The number of amides is 2. The predicted octanol–water partition coefficient (Wildman–Crippen LogP) is 4.77. The number of benzene rings is 3. The molecule has 3 aromatic rings. The van der Waals surface area contributed by atoms with Crippen molar-refractivity contribution in [2.24, 2.45) is 0 Å². The van der Waals surface area contributed by atoms with Gasteiger partial charge in [-0.1, -0.05) is 60.7 Å². The molecule has 1 aliphatic heterocycles. The summed E-state index contributed by atoms with van der Waals surface area (Å²) < 4.78 is 0. The van der Waals surface area contributed by atoms with Gasteiger partial charge in [0.1, 0.15) is 0 Å². The third-order valence-corrected chi connectivity index (χ3v) is 5.64. The quantitative estimate of drug-likeness (QED) is 0.623. The lowest BCUT2D eigenvalue weighted by Crippen LogP contribution is -2.26. The van der Waals surface area contributed by atoms with Gasteiger partial charge in [0.05, 0.1) is 0 Å². The number of anilines is 1. The van der Waals surface area contributed by atoms with Gasteiger partial charge in [-0.3, -0.25) is 9.59 Å². The molecule has 0 bridgehead atoms. The first-order valence-electron chi connectivity index (χ1n) is 10.5. The number of rotatable bonds is 7. The highest BCUT2D eigenvalue weighted by Gasteiger charge is 2.21. The summed E-state index contributed by atoms with van der Waals surface area (Å²) in [6, 6.07) is 28.1. The normalized spacial score (nSPS) is 13.6. The second-order valence-electron chi connectivity index (χ2n) is 7.61. The summed E-state index contributed by atoms with van der Waals surface area (Å²) in [5, 5.41) is 3.05. The maximum absolute atomic E-state index is 12.6. The molecule has 2 amide bonds. The van der Waals surface area contributed by atoms with Crippen LogP contribution in [0.4, 0.5) is 5.69 Å². The Labute approximate surface area is 177 Å². The Hall–Kier alpha value is -3.40. The Morgan fingerprint density at radius 3 is 2.00 bits per heavy atom. The monoisotopic (exact) mass is 398 g/mol. The van der Waals surface area contributed by atoms with Crippen LogP contribution in [0.2, 0.25) is 0 Å².